The van der Waals surface area contributed by atoms with Gasteiger partial charge in [-0.2, -0.15) is 11.8 Å². The number of carbonyl (C=O) groups is 1. The first-order chi connectivity index (χ1) is 7.29. The van der Waals surface area contributed by atoms with E-state index >= 15 is 0 Å². The molecule has 0 aliphatic carbocycles. The molecule has 1 N–H and O–H groups in total. The molecule has 2 rings (SSSR count). The van der Waals surface area contributed by atoms with Crippen LogP contribution in [0.5, 0.6) is 0 Å². The first-order valence-electron chi connectivity index (χ1n) is 5.82. The third kappa shape index (κ3) is 3.54. The van der Waals surface area contributed by atoms with Crippen LogP contribution in [0.25, 0.3) is 0 Å². The van der Waals surface area contributed by atoms with E-state index in [1.54, 1.807) is 11.8 Å². The van der Waals surface area contributed by atoms with Crippen molar-refractivity contribution in [2.75, 3.05) is 25.1 Å². The second-order valence-corrected chi connectivity index (χ2v) is 5.52. The van der Waals surface area contributed by atoms with Crippen LogP contribution in [0.15, 0.2) is 0 Å². The van der Waals surface area contributed by atoms with Gasteiger partial charge in [-0.1, -0.05) is 6.42 Å². The molecule has 2 saturated heterocycles. The quantitative estimate of drug-likeness (QED) is 0.839. The van der Waals surface area contributed by atoms with Crippen LogP contribution in [-0.2, 0) is 4.79 Å². The Labute approximate surface area is 108 Å². The van der Waals surface area contributed by atoms with E-state index in [9.17, 15) is 4.79 Å². The summed E-state index contributed by atoms with van der Waals surface area (Å²) in [5.41, 5.74) is 0. The highest BCUT2D eigenvalue weighted by molar-refractivity contribution is 7.98. The first-order valence-corrected chi connectivity index (χ1v) is 7.21. The summed E-state index contributed by atoms with van der Waals surface area (Å²) in [6.07, 6.45) is 6.57. The number of nitrogens with zero attached hydrogens (tertiary/aromatic N) is 1. The lowest BCUT2D eigenvalue weighted by Crippen LogP contribution is -2.59. The van der Waals surface area contributed by atoms with E-state index < -0.39 is 0 Å². The number of rotatable bonds is 3. The van der Waals surface area contributed by atoms with Gasteiger partial charge in [-0.25, -0.2) is 0 Å². The number of hydrogen-bond donors (Lipinski definition) is 1. The number of nitrogens with one attached hydrogen (secondary N) is 1. The number of carbonyl (C=O) groups excluding carboxylic acids is 1. The van der Waals surface area contributed by atoms with E-state index in [1.807, 2.05) is 0 Å². The maximum absolute atomic E-state index is 11.9. The zero-order chi connectivity index (χ0) is 10.7. The number of fused-ring (bicyclic) bond motifs is 2. The Bertz CT molecular complexity index is 228. The van der Waals surface area contributed by atoms with Crippen LogP contribution in [0.2, 0.25) is 0 Å². The molecule has 0 aromatic rings. The van der Waals surface area contributed by atoms with Crippen LogP contribution >= 0.6 is 24.2 Å². The lowest BCUT2D eigenvalue weighted by atomic mass is 9.94. The summed E-state index contributed by atoms with van der Waals surface area (Å²) in [4.78, 5) is 13.9. The van der Waals surface area contributed by atoms with E-state index in [1.165, 1.54) is 19.3 Å². The molecule has 0 radical (unpaired) electrons. The highest BCUT2D eigenvalue weighted by Crippen LogP contribution is 2.20. The summed E-state index contributed by atoms with van der Waals surface area (Å²) in [6, 6.07) is 1.13. The Morgan fingerprint density at radius 1 is 1.38 bits per heavy atom. The minimum absolute atomic E-state index is 0. The molecule has 94 valence electrons. The molecule has 5 heteroatoms. The number of likely N-dealkylation sites (tertiary alicyclic amines) is 1. The third-order valence-electron chi connectivity index (χ3n) is 3.33. The smallest absolute Gasteiger partial charge is 0.223 e. The van der Waals surface area contributed by atoms with Gasteiger partial charge in [0.15, 0.2) is 0 Å². The molecule has 2 heterocycles. The van der Waals surface area contributed by atoms with Crippen LogP contribution < -0.4 is 5.32 Å². The Balaban J connectivity index is 0.00000128. The minimum atomic E-state index is 0. The van der Waals surface area contributed by atoms with E-state index in [0.717, 1.165) is 18.8 Å². The van der Waals surface area contributed by atoms with Crippen molar-refractivity contribution in [1.29, 1.82) is 0 Å². The molecule has 2 aliphatic heterocycles. The lowest BCUT2D eigenvalue weighted by Gasteiger charge is -2.42. The molecule has 0 aromatic carbocycles. The second kappa shape index (κ2) is 6.72. The van der Waals surface area contributed by atoms with Crippen LogP contribution in [0.3, 0.4) is 0 Å². The van der Waals surface area contributed by atoms with Gasteiger partial charge < -0.3 is 10.2 Å². The van der Waals surface area contributed by atoms with Gasteiger partial charge in [0.05, 0.1) is 0 Å². The second-order valence-electron chi connectivity index (χ2n) is 4.53. The van der Waals surface area contributed by atoms with E-state index in [2.05, 4.69) is 16.5 Å². The van der Waals surface area contributed by atoms with E-state index in [4.69, 9.17) is 0 Å². The van der Waals surface area contributed by atoms with Gasteiger partial charge in [0.1, 0.15) is 0 Å². The summed E-state index contributed by atoms with van der Waals surface area (Å²) < 4.78 is 0. The number of amides is 1. The van der Waals surface area contributed by atoms with Gasteiger partial charge in [-0.15, -0.1) is 12.4 Å². The maximum Gasteiger partial charge on any atom is 0.223 e. The number of hydrogen-bond acceptors (Lipinski definition) is 3. The van der Waals surface area contributed by atoms with E-state index in [-0.39, 0.29) is 12.4 Å². The fraction of sp³-hybridized carbons (Fsp3) is 0.909. The normalized spacial score (nSPS) is 28.4. The van der Waals surface area contributed by atoms with Crippen molar-refractivity contribution in [3.05, 3.63) is 0 Å². The van der Waals surface area contributed by atoms with Crippen molar-refractivity contribution in [3.63, 3.8) is 0 Å². The minimum Gasteiger partial charge on any atom is -0.340 e. The van der Waals surface area contributed by atoms with Gasteiger partial charge in [0, 0.05) is 37.3 Å². The van der Waals surface area contributed by atoms with Crippen molar-refractivity contribution >= 4 is 30.1 Å². The average Bonchev–Trinajstić information content (AvgIpc) is 2.25. The van der Waals surface area contributed by atoms with Crippen LogP contribution in [0.1, 0.15) is 25.7 Å². The lowest BCUT2D eigenvalue weighted by molar-refractivity contribution is -0.133. The van der Waals surface area contributed by atoms with Crippen LogP contribution in [-0.4, -0.2) is 48.0 Å². The molecule has 2 unspecified atom stereocenters. The highest BCUT2D eigenvalue weighted by atomic mass is 35.5. The SMILES string of the molecule is CSCCC(=O)N1CC2CCCC(C1)N2.Cl. The Morgan fingerprint density at radius 3 is 2.56 bits per heavy atom. The fourth-order valence-corrected chi connectivity index (χ4v) is 2.94. The van der Waals surface area contributed by atoms with E-state index in [0.29, 0.717) is 24.4 Å². The standard InChI is InChI=1S/C11H20N2OS.ClH/c1-15-6-5-11(14)13-7-9-3-2-4-10(8-13)12-9;/h9-10,12H,2-8H2,1H3;1H. The van der Waals surface area contributed by atoms with Crippen LogP contribution in [0.4, 0.5) is 0 Å². The number of thioether (sulfide) groups is 1. The molecule has 2 atom stereocenters. The predicted molar refractivity (Wildman–Crippen MR) is 71.4 cm³/mol. The molecule has 2 bridgehead atoms. The zero-order valence-electron chi connectivity index (χ0n) is 9.78. The third-order valence-corrected chi connectivity index (χ3v) is 3.94. The van der Waals surface area contributed by atoms with Crippen molar-refractivity contribution in [2.24, 2.45) is 0 Å². The average molecular weight is 265 g/mol. The Hall–Kier alpha value is 0.0700. The predicted octanol–water partition coefficient (Wildman–Crippen LogP) is 1.51. The number of piperidine rings is 1. The van der Waals surface area contributed by atoms with Crippen molar-refractivity contribution in [3.8, 4) is 0 Å². The molecular weight excluding hydrogens is 244 g/mol. The molecule has 0 saturated carbocycles. The number of halogens is 1. The van der Waals surface area contributed by atoms with Crippen molar-refractivity contribution in [2.45, 2.75) is 37.8 Å². The topological polar surface area (TPSA) is 32.3 Å². The molecule has 3 nitrogen and oxygen atoms in total. The molecule has 16 heavy (non-hydrogen) atoms. The summed E-state index contributed by atoms with van der Waals surface area (Å²) in [5.74, 6) is 1.31. The Kier molecular flexibility index (Phi) is 5.94. The monoisotopic (exact) mass is 264 g/mol. The summed E-state index contributed by atoms with van der Waals surface area (Å²) >= 11 is 1.75. The largest absolute Gasteiger partial charge is 0.340 e. The summed E-state index contributed by atoms with van der Waals surface area (Å²) in [5, 5.41) is 3.59. The van der Waals surface area contributed by atoms with Crippen LogP contribution in [0, 0.1) is 0 Å². The number of piperazine rings is 1. The van der Waals surface area contributed by atoms with Crippen molar-refractivity contribution in [1.82, 2.24) is 10.2 Å². The van der Waals surface area contributed by atoms with Gasteiger partial charge in [0.2, 0.25) is 5.91 Å². The maximum atomic E-state index is 11.9. The summed E-state index contributed by atoms with van der Waals surface area (Å²) in [7, 11) is 0. The van der Waals surface area contributed by atoms with Gasteiger partial charge >= 0.3 is 0 Å². The molecule has 0 spiro atoms. The molecular formula is C11H21ClN2OS. The van der Waals surface area contributed by atoms with Crippen molar-refractivity contribution < 1.29 is 4.79 Å². The Morgan fingerprint density at radius 2 is 2.00 bits per heavy atom. The molecule has 2 aliphatic rings. The summed E-state index contributed by atoms with van der Waals surface area (Å²) in [6.45, 7) is 1.87. The zero-order valence-corrected chi connectivity index (χ0v) is 11.4. The molecule has 0 aromatic heterocycles. The molecule has 2 fully saturated rings. The molecule has 1 amide bonds. The van der Waals surface area contributed by atoms with Gasteiger partial charge in [-0.05, 0) is 19.1 Å². The van der Waals surface area contributed by atoms with Gasteiger partial charge in [-0.3, -0.25) is 4.79 Å². The first kappa shape index (κ1) is 14.1. The highest BCUT2D eigenvalue weighted by Gasteiger charge is 2.31. The van der Waals surface area contributed by atoms with Gasteiger partial charge in [0.25, 0.3) is 0 Å². The fourth-order valence-electron chi connectivity index (χ4n) is 2.56.